The number of hydrazone groups is 1. The summed E-state index contributed by atoms with van der Waals surface area (Å²) in [6, 6.07) is 14.2. The van der Waals surface area contributed by atoms with Gasteiger partial charge in [0, 0.05) is 7.05 Å². The summed E-state index contributed by atoms with van der Waals surface area (Å²) in [6.45, 7) is 0. The average Bonchev–Trinajstić information content (AvgIpc) is 2.85. The lowest BCUT2D eigenvalue weighted by Gasteiger charge is -2.00. The first-order valence-corrected chi connectivity index (χ1v) is 6.69. The SMILES string of the molecule is Cn1c(C=NNc2ccc(C(=O)O)cc2)nc2ccccc21. The second-order valence-corrected chi connectivity index (χ2v) is 4.77. The summed E-state index contributed by atoms with van der Waals surface area (Å²) in [5.74, 6) is -0.217. The Balaban J connectivity index is 1.76. The van der Waals surface area contributed by atoms with Crippen molar-refractivity contribution in [2.45, 2.75) is 0 Å². The van der Waals surface area contributed by atoms with Crippen LogP contribution in [0.4, 0.5) is 5.69 Å². The van der Waals surface area contributed by atoms with E-state index < -0.39 is 5.97 Å². The van der Waals surface area contributed by atoms with Crippen molar-refractivity contribution in [1.29, 1.82) is 0 Å². The van der Waals surface area contributed by atoms with Gasteiger partial charge < -0.3 is 9.67 Å². The third-order valence-electron chi connectivity index (χ3n) is 3.33. The fraction of sp³-hybridized carbons (Fsp3) is 0.0625. The van der Waals surface area contributed by atoms with Crippen molar-refractivity contribution in [2.75, 3.05) is 5.43 Å². The topological polar surface area (TPSA) is 79.5 Å². The van der Waals surface area contributed by atoms with Gasteiger partial charge in [0.15, 0.2) is 5.82 Å². The summed E-state index contributed by atoms with van der Waals surface area (Å²) in [5.41, 5.74) is 5.75. The number of nitrogens with zero attached hydrogens (tertiary/aromatic N) is 3. The zero-order valence-electron chi connectivity index (χ0n) is 11.9. The molecule has 6 heteroatoms. The summed E-state index contributed by atoms with van der Waals surface area (Å²) in [6.07, 6.45) is 1.63. The van der Waals surface area contributed by atoms with Crippen LogP contribution in [-0.4, -0.2) is 26.8 Å². The Hall–Kier alpha value is -3.15. The first-order chi connectivity index (χ1) is 10.6. The molecule has 0 amide bonds. The molecule has 0 aliphatic heterocycles. The van der Waals surface area contributed by atoms with Gasteiger partial charge in [0.05, 0.1) is 28.5 Å². The number of benzene rings is 2. The maximum absolute atomic E-state index is 10.8. The van der Waals surface area contributed by atoms with Crippen molar-refractivity contribution in [1.82, 2.24) is 9.55 Å². The second-order valence-electron chi connectivity index (χ2n) is 4.77. The number of hydrogen-bond acceptors (Lipinski definition) is 4. The highest BCUT2D eigenvalue weighted by molar-refractivity contribution is 5.88. The largest absolute Gasteiger partial charge is 0.478 e. The zero-order valence-corrected chi connectivity index (χ0v) is 11.9. The summed E-state index contributed by atoms with van der Waals surface area (Å²) >= 11 is 0. The first kappa shape index (κ1) is 13.8. The molecule has 2 aromatic carbocycles. The summed E-state index contributed by atoms with van der Waals surface area (Å²) in [4.78, 5) is 15.2. The van der Waals surface area contributed by atoms with Gasteiger partial charge in [-0.05, 0) is 36.4 Å². The lowest BCUT2D eigenvalue weighted by atomic mass is 10.2. The van der Waals surface area contributed by atoms with Crippen LogP contribution in [0, 0.1) is 0 Å². The maximum Gasteiger partial charge on any atom is 0.335 e. The van der Waals surface area contributed by atoms with Gasteiger partial charge in [-0.15, -0.1) is 0 Å². The van der Waals surface area contributed by atoms with Crippen molar-refractivity contribution in [3.8, 4) is 0 Å². The highest BCUT2D eigenvalue weighted by atomic mass is 16.4. The van der Waals surface area contributed by atoms with Crippen LogP contribution >= 0.6 is 0 Å². The highest BCUT2D eigenvalue weighted by Gasteiger charge is 2.04. The molecule has 6 nitrogen and oxygen atoms in total. The van der Waals surface area contributed by atoms with Gasteiger partial charge >= 0.3 is 5.97 Å². The van der Waals surface area contributed by atoms with Crippen molar-refractivity contribution in [3.05, 3.63) is 59.9 Å². The van der Waals surface area contributed by atoms with Crippen LogP contribution in [-0.2, 0) is 7.05 Å². The van der Waals surface area contributed by atoms with Crippen molar-refractivity contribution >= 4 is 28.9 Å². The van der Waals surface area contributed by atoms with Crippen LogP contribution < -0.4 is 5.43 Å². The molecule has 3 rings (SSSR count). The van der Waals surface area contributed by atoms with E-state index in [9.17, 15) is 4.79 Å². The molecule has 1 heterocycles. The molecule has 3 aromatic rings. The van der Waals surface area contributed by atoms with E-state index in [2.05, 4.69) is 15.5 Å². The van der Waals surface area contributed by atoms with Crippen LogP contribution in [0.5, 0.6) is 0 Å². The number of aromatic nitrogens is 2. The molecular formula is C16H14N4O2. The minimum atomic E-state index is -0.949. The highest BCUT2D eigenvalue weighted by Crippen LogP contribution is 2.13. The number of carbonyl (C=O) groups is 1. The van der Waals surface area contributed by atoms with E-state index in [1.54, 1.807) is 18.3 Å². The fourth-order valence-electron chi connectivity index (χ4n) is 2.13. The predicted molar refractivity (Wildman–Crippen MR) is 85.3 cm³/mol. The third kappa shape index (κ3) is 2.67. The van der Waals surface area contributed by atoms with E-state index in [1.165, 1.54) is 12.1 Å². The minimum Gasteiger partial charge on any atom is -0.478 e. The molecule has 0 saturated heterocycles. The molecule has 1 aromatic heterocycles. The van der Waals surface area contributed by atoms with E-state index in [-0.39, 0.29) is 5.56 Å². The number of carboxylic acid groups (broad SMARTS) is 1. The Morgan fingerprint density at radius 1 is 1.23 bits per heavy atom. The number of aryl methyl sites for hydroxylation is 1. The molecular weight excluding hydrogens is 280 g/mol. The van der Waals surface area contributed by atoms with Gasteiger partial charge in [-0.2, -0.15) is 5.10 Å². The Labute approximate surface area is 126 Å². The Morgan fingerprint density at radius 2 is 1.95 bits per heavy atom. The number of imidazole rings is 1. The molecule has 0 unspecified atom stereocenters. The average molecular weight is 294 g/mol. The lowest BCUT2D eigenvalue weighted by Crippen LogP contribution is -1.99. The summed E-state index contributed by atoms with van der Waals surface area (Å²) in [5, 5.41) is 13.0. The Kier molecular flexibility index (Phi) is 3.57. The number of nitrogens with one attached hydrogen (secondary N) is 1. The molecule has 0 spiro atoms. The van der Waals surface area contributed by atoms with Crippen LogP contribution in [0.2, 0.25) is 0 Å². The molecule has 0 aliphatic rings. The Bertz CT molecular complexity index is 850. The van der Waals surface area contributed by atoms with Gasteiger partial charge in [-0.3, -0.25) is 5.43 Å². The monoisotopic (exact) mass is 294 g/mol. The lowest BCUT2D eigenvalue weighted by molar-refractivity contribution is 0.0697. The van der Waals surface area contributed by atoms with Crippen LogP contribution in [0.1, 0.15) is 16.2 Å². The molecule has 0 bridgehead atoms. The van der Waals surface area contributed by atoms with E-state index in [0.29, 0.717) is 5.69 Å². The number of hydrogen-bond donors (Lipinski definition) is 2. The number of aromatic carboxylic acids is 1. The molecule has 0 atom stereocenters. The number of rotatable bonds is 4. The molecule has 0 aliphatic carbocycles. The van der Waals surface area contributed by atoms with Gasteiger partial charge in [-0.1, -0.05) is 12.1 Å². The number of para-hydroxylation sites is 2. The summed E-state index contributed by atoms with van der Waals surface area (Å²) < 4.78 is 1.95. The summed E-state index contributed by atoms with van der Waals surface area (Å²) in [7, 11) is 1.93. The van der Waals surface area contributed by atoms with Gasteiger partial charge in [-0.25, -0.2) is 9.78 Å². The fourth-order valence-corrected chi connectivity index (χ4v) is 2.13. The second kappa shape index (κ2) is 5.69. The van der Waals surface area contributed by atoms with E-state index >= 15 is 0 Å². The first-order valence-electron chi connectivity index (χ1n) is 6.69. The predicted octanol–water partition coefficient (Wildman–Crippen LogP) is 2.72. The Morgan fingerprint density at radius 3 is 2.64 bits per heavy atom. The van der Waals surface area contributed by atoms with E-state index in [4.69, 9.17) is 5.11 Å². The minimum absolute atomic E-state index is 0.241. The number of fused-ring (bicyclic) bond motifs is 1. The third-order valence-corrected chi connectivity index (χ3v) is 3.33. The molecule has 0 fully saturated rings. The number of anilines is 1. The maximum atomic E-state index is 10.8. The van der Waals surface area contributed by atoms with Crippen LogP contribution in [0.15, 0.2) is 53.6 Å². The van der Waals surface area contributed by atoms with E-state index in [1.807, 2.05) is 35.9 Å². The van der Waals surface area contributed by atoms with Crippen molar-refractivity contribution in [3.63, 3.8) is 0 Å². The number of carboxylic acids is 1. The zero-order chi connectivity index (χ0) is 15.5. The van der Waals surface area contributed by atoms with Crippen molar-refractivity contribution < 1.29 is 9.90 Å². The molecule has 0 radical (unpaired) electrons. The van der Waals surface area contributed by atoms with Crippen molar-refractivity contribution in [2.24, 2.45) is 12.1 Å². The van der Waals surface area contributed by atoms with Crippen LogP contribution in [0.25, 0.3) is 11.0 Å². The van der Waals surface area contributed by atoms with Gasteiger partial charge in [0.25, 0.3) is 0 Å². The van der Waals surface area contributed by atoms with Gasteiger partial charge in [0.2, 0.25) is 0 Å². The quantitative estimate of drug-likeness (QED) is 0.573. The van der Waals surface area contributed by atoms with Crippen LogP contribution in [0.3, 0.4) is 0 Å². The smallest absolute Gasteiger partial charge is 0.335 e. The molecule has 0 saturated carbocycles. The normalized spacial score (nSPS) is 11.1. The molecule has 2 N–H and O–H groups in total. The van der Waals surface area contributed by atoms with Gasteiger partial charge in [0.1, 0.15) is 0 Å². The molecule has 22 heavy (non-hydrogen) atoms. The molecule has 110 valence electrons. The standard InChI is InChI=1S/C16H14N4O2/c1-20-14-5-3-2-4-13(14)18-15(20)10-17-19-12-8-6-11(7-9-12)16(21)22/h2-10,19H,1H3,(H,21,22). The van der Waals surface area contributed by atoms with E-state index in [0.717, 1.165) is 16.9 Å².